The van der Waals surface area contributed by atoms with E-state index in [0.717, 1.165) is 19.7 Å². The average Bonchev–Trinajstić information content (AvgIpc) is 2.28. The van der Waals surface area contributed by atoms with Crippen molar-refractivity contribution in [3.8, 4) is 0 Å². The first-order valence-corrected chi connectivity index (χ1v) is 5.98. The Bertz CT molecular complexity index is 309. The molecule has 0 saturated heterocycles. The first kappa shape index (κ1) is 11.6. The monoisotopic (exact) mass is 220 g/mol. The molecule has 1 aliphatic carbocycles. The number of aromatic nitrogens is 1. The first-order valence-electron chi connectivity index (χ1n) is 5.98. The molecule has 1 saturated carbocycles. The fourth-order valence-electron chi connectivity index (χ4n) is 2.38. The molecule has 0 radical (unpaired) electrons. The van der Waals surface area contributed by atoms with Crippen LogP contribution in [0.1, 0.15) is 24.8 Å². The number of methoxy groups -OCH3 is 1. The molecule has 0 amide bonds. The lowest BCUT2D eigenvalue weighted by Crippen LogP contribution is -2.44. The van der Waals surface area contributed by atoms with Crippen LogP contribution in [0.3, 0.4) is 0 Å². The Kier molecular flexibility index (Phi) is 3.91. The summed E-state index contributed by atoms with van der Waals surface area (Å²) in [4.78, 5) is 4.09. The Labute approximate surface area is 97.2 Å². The normalized spacial score (nSPS) is 18.1. The van der Waals surface area contributed by atoms with E-state index in [1.165, 1.54) is 24.8 Å². The number of hydrogen-bond donors (Lipinski definition) is 1. The molecular formula is C13H20N2O. The molecule has 1 N–H and O–H groups in total. The topological polar surface area (TPSA) is 34.1 Å². The molecule has 16 heavy (non-hydrogen) atoms. The van der Waals surface area contributed by atoms with Crippen LogP contribution in [0.5, 0.6) is 0 Å². The molecule has 1 aromatic heterocycles. The van der Waals surface area contributed by atoms with Crippen molar-refractivity contribution in [3.63, 3.8) is 0 Å². The highest BCUT2D eigenvalue weighted by Gasteiger charge is 2.37. The maximum absolute atomic E-state index is 5.04. The molecule has 1 aliphatic rings. The van der Waals surface area contributed by atoms with E-state index in [1.54, 1.807) is 7.11 Å². The Morgan fingerprint density at radius 3 is 2.69 bits per heavy atom. The molecule has 3 heteroatoms. The maximum atomic E-state index is 5.04. The van der Waals surface area contributed by atoms with E-state index in [1.807, 2.05) is 12.4 Å². The van der Waals surface area contributed by atoms with Gasteiger partial charge in [0, 0.05) is 38.0 Å². The highest BCUT2D eigenvalue weighted by Crippen LogP contribution is 2.42. The number of hydrogen-bond acceptors (Lipinski definition) is 3. The number of nitrogens with zero attached hydrogens (tertiary/aromatic N) is 1. The van der Waals surface area contributed by atoms with Gasteiger partial charge in [-0.15, -0.1) is 0 Å². The smallest absolute Gasteiger partial charge is 0.0587 e. The van der Waals surface area contributed by atoms with Crippen LogP contribution in [-0.2, 0) is 10.2 Å². The minimum Gasteiger partial charge on any atom is -0.383 e. The number of rotatable bonds is 6. The van der Waals surface area contributed by atoms with E-state index >= 15 is 0 Å². The predicted octanol–water partition coefficient (Wildman–Crippen LogP) is 1.74. The van der Waals surface area contributed by atoms with Crippen LogP contribution in [0.4, 0.5) is 0 Å². The van der Waals surface area contributed by atoms with Gasteiger partial charge < -0.3 is 10.1 Å². The molecule has 0 aromatic carbocycles. The van der Waals surface area contributed by atoms with Crippen LogP contribution in [0.2, 0.25) is 0 Å². The van der Waals surface area contributed by atoms with E-state index in [2.05, 4.69) is 22.4 Å². The molecule has 0 unspecified atom stereocenters. The average molecular weight is 220 g/mol. The third kappa shape index (κ3) is 2.42. The van der Waals surface area contributed by atoms with Gasteiger partial charge in [0.1, 0.15) is 0 Å². The predicted molar refractivity (Wildman–Crippen MR) is 64.5 cm³/mol. The zero-order valence-corrected chi connectivity index (χ0v) is 9.91. The summed E-state index contributed by atoms with van der Waals surface area (Å²) in [7, 11) is 1.74. The molecule has 3 nitrogen and oxygen atoms in total. The lowest BCUT2D eigenvalue weighted by molar-refractivity contribution is 0.185. The van der Waals surface area contributed by atoms with E-state index in [-0.39, 0.29) is 0 Å². The highest BCUT2D eigenvalue weighted by atomic mass is 16.5. The summed E-state index contributed by atoms with van der Waals surface area (Å²) in [6, 6.07) is 4.30. The second-order valence-electron chi connectivity index (χ2n) is 4.54. The van der Waals surface area contributed by atoms with E-state index in [4.69, 9.17) is 4.74 Å². The molecule has 1 aromatic rings. The minimum absolute atomic E-state index is 0.358. The summed E-state index contributed by atoms with van der Waals surface area (Å²) in [5.41, 5.74) is 1.79. The zero-order valence-electron chi connectivity index (χ0n) is 9.91. The minimum atomic E-state index is 0.358. The van der Waals surface area contributed by atoms with E-state index < -0.39 is 0 Å². The van der Waals surface area contributed by atoms with Gasteiger partial charge >= 0.3 is 0 Å². The SMILES string of the molecule is COCCNCC1(c2ccncc2)CCC1. The number of pyridine rings is 1. The Morgan fingerprint density at radius 1 is 1.38 bits per heavy atom. The van der Waals surface area contributed by atoms with Crippen molar-refractivity contribution in [2.45, 2.75) is 24.7 Å². The summed E-state index contributed by atoms with van der Waals surface area (Å²) in [6.45, 7) is 2.77. The van der Waals surface area contributed by atoms with Crippen LogP contribution in [0.25, 0.3) is 0 Å². The van der Waals surface area contributed by atoms with E-state index in [9.17, 15) is 0 Å². The molecule has 0 aliphatic heterocycles. The molecule has 1 fully saturated rings. The number of ether oxygens (including phenoxy) is 1. The third-order valence-electron chi connectivity index (χ3n) is 3.55. The van der Waals surface area contributed by atoms with Gasteiger partial charge in [0.05, 0.1) is 6.61 Å². The Hall–Kier alpha value is -0.930. The lowest BCUT2D eigenvalue weighted by atomic mass is 9.64. The van der Waals surface area contributed by atoms with Gasteiger partial charge in [-0.25, -0.2) is 0 Å². The third-order valence-corrected chi connectivity index (χ3v) is 3.55. The summed E-state index contributed by atoms with van der Waals surface area (Å²) in [6.07, 6.45) is 7.71. The quantitative estimate of drug-likeness (QED) is 0.741. The van der Waals surface area contributed by atoms with Crippen molar-refractivity contribution in [1.29, 1.82) is 0 Å². The van der Waals surface area contributed by atoms with Crippen molar-refractivity contribution in [1.82, 2.24) is 10.3 Å². The maximum Gasteiger partial charge on any atom is 0.0587 e. The molecule has 2 rings (SSSR count). The molecule has 1 heterocycles. The van der Waals surface area contributed by atoms with Crippen molar-refractivity contribution in [2.24, 2.45) is 0 Å². The van der Waals surface area contributed by atoms with Crippen molar-refractivity contribution in [2.75, 3.05) is 26.8 Å². The van der Waals surface area contributed by atoms with Crippen molar-refractivity contribution < 1.29 is 4.74 Å². The van der Waals surface area contributed by atoms with Gasteiger partial charge in [-0.3, -0.25) is 4.98 Å². The van der Waals surface area contributed by atoms with Crippen molar-refractivity contribution >= 4 is 0 Å². The van der Waals surface area contributed by atoms with Crippen LogP contribution < -0.4 is 5.32 Å². The fraction of sp³-hybridized carbons (Fsp3) is 0.615. The second-order valence-corrected chi connectivity index (χ2v) is 4.54. The largest absolute Gasteiger partial charge is 0.383 e. The van der Waals surface area contributed by atoms with Gasteiger partial charge in [-0.2, -0.15) is 0 Å². The summed E-state index contributed by atoms with van der Waals surface area (Å²) < 4.78 is 5.04. The highest BCUT2D eigenvalue weighted by molar-refractivity contribution is 5.26. The molecule has 0 atom stereocenters. The van der Waals surface area contributed by atoms with E-state index in [0.29, 0.717) is 5.41 Å². The molecular weight excluding hydrogens is 200 g/mol. The number of nitrogens with one attached hydrogen (secondary N) is 1. The van der Waals surface area contributed by atoms with Crippen LogP contribution in [-0.4, -0.2) is 31.8 Å². The summed E-state index contributed by atoms with van der Waals surface area (Å²) in [5.74, 6) is 0. The molecule has 88 valence electrons. The van der Waals surface area contributed by atoms with Crippen LogP contribution in [0, 0.1) is 0 Å². The summed E-state index contributed by atoms with van der Waals surface area (Å²) >= 11 is 0. The Morgan fingerprint density at radius 2 is 2.12 bits per heavy atom. The van der Waals surface area contributed by atoms with Gasteiger partial charge in [0.2, 0.25) is 0 Å². The fourth-order valence-corrected chi connectivity index (χ4v) is 2.38. The lowest BCUT2D eigenvalue weighted by Gasteiger charge is -2.42. The van der Waals surface area contributed by atoms with Crippen LogP contribution >= 0.6 is 0 Å². The molecule has 0 bridgehead atoms. The van der Waals surface area contributed by atoms with Gasteiger partial charge in [0.15, 0.2) is 0 Å². The molecule has 0 spiro atoms. The first-order chi connectivity index (χ1) is 7.87. The van der Waals surface area contributed by atoms with Crippen LogP contribution in [0.15, 0.2) is 24.5 Å². The Balaban J connectivity index is 1.92. The summed E-state index contributed by atoms with van der Waals surface area (Å²) in [5, 5.41) is 3.48. The van der Waals surface area contributed by atoms with Gasteiger partial charge in [-0.05, 0) is 30.5 Å². The van der Waals surface area contributed by atoms with Crippen molar-refractivity contribution in [3.05, 3.63) is 30.1 Å². The van der Waals surface area contributed by atoms with Gasteiger partial charge in [-0.1, -0.05) is 6.42 Å². The standard InChI is InChI=1S/C13H20N2O/c1-16-10-9-15-11-13(5-2-6-13)12-3-7-14-8-4-12/h3-4,7-8,15H,2,5-6,9-11H2,1H3. The van der Waals surface area contributed by atoms with Gasteiger partial charge in [0.25, 0.3) is 0 Å². The second kappa shape index (κ2) is 5.41. The zero-order chi connectivity index (χ0) is 11.3.